The Hall–Kier alpha value is -3.01. The molecule has 0 saturated heterocycles. The maximum Gasteiger partial charge on any atom is 0.408 e. The lowest BCUT2D eigenvalue weighted by atomic mass is 10.1. The van der Waals surface area contributed by atoms with Crippen molar-refractivity contribution in [1.29, 1.82) is 0 Å². The fraction of sp³-hybridized carbons (Fsp3) is 0.520. The summed E-state index contributed by atoms with van der Waals surface area (Å²) in [5, 5.41) is 14.3. The molecule has 1 aromatic carbocycles. The molecule has 1 aromatic rings. The number of carbonyl (C=O) groups is 4. The van der Waals surface area contributed by atoms with Gasteiger partial charge in [-0.15, -0.1) is 0 Å². The number of thioether (sulfide) groups is 1. The third-order valence-corrected chi connectivity index (χ3v) is 6.07. The lowest BCUT2D eigenvalue weighted by Crippen LogP contribution is -2.46. The number of carboxylic acids is 1. The van der Waals surface area contributed by atoms with Crippen LogP contribution >= 0.6 is 11.8 Å². The number of nitrogens with one attached hydrogen (secondary N) is 2. The Morgan fingerprint density at radius 3 is 2.17 bits per heavy atom. The first-order valence-electron chi connectivity index (χ1n) is 11.3. The summed E-state index contributed by atoms with van der Waals surface area (Å²) in [5.41, 5.74) is -0.304. The van der Waals surface area contributed by atoms with Crippen LogP contribution < -0.4 is 10.6 Å². The van der Waals surface area contributed by atoms with Gasteiger partial charge in [0, 0.05) is 23.0 Å². The minimum Gasteiger partial charge on any atom is -0.480 e. The number of amides is 2. The summed E-state index contributed by atoms with van der Waals surface area (Å²) in [6.07, 6.45) is 0.297. The SMILES string of the molecule is CC(C)(C)OC(=O)N[C@@H](CS[C@@H]1CC(=O)/C(=C/c2ccccc2)[C@H]1NC(=O)OC(C)(C)C)C(=O)O. The summed E-state index contributed by atoms with van der Waals surface area (Å²) in [4.78, 5) is 49.3. The molecule has 1 aliphatic carbocycles. The maximum atomic E-state index is 12.9. The van der Waals surface area contributed by atoms with E-state index in [4.69, 9.17) is 9.47 Å². The van der Waals surface area contributed by atoms with E-state index in [0.717, 1.165) is 5.56 Å². The van der Waals surface area contributed by atoms with Crippen molar-refractivity contribution in [3.8, 4) is 0 Å². The Morgan fingerprint density at radius 2 is 1.63 bits per heavy atom. The molecule has 3 N–H and O–H groups in total. The highest BCUT2D eigenvalue weighted by Crippen LogP contribution is 2.34. The highest BCUT2D eigenvalue weighted by Gasteiger charge is 2.40. The average Bonchev–Trinajstić information content (AvgIpc) is 2.97. The van der Waals surface area contributed by atoms with Gasteiger partial charge in [0.2, 0.25) is 0 Å². The van der Waals surface area contributed by atoms with E-state index >= 15 is 0 Å². The molecule has 9 nitrogen and oxygen atoms in total. The van der Waals surface area contributed by atoms with Crippen LogP contribution in [0.4, 0.5) is 9.59 Å². The molecule has 192 valence electrons. The van der Waals surface area contributed by atoms with Crippen LogP contribution in [-0.4, -0.2) is 63.3 Å². The van der Waals surface area contributed by atoms with Crippen LogP contribution in [0.1, 0.15) is 53.5 Å². The Balaban J connectivity index is 2.21. The molecule has 0 spiro atoms. The first-order chi connectivity index (χ1) is 16.1. The fourth-order valence-corrected chi connectivity index (χ4v) is 4.64. The van der Waals surface area contributed by atoms with Gasteiger partial charge in [0.1, 0.15) is 17.2 Å². The normalized spacial score (nSPS) is 20.3. The topological polar surface area (TPSA) is 131 Å². The van der Waals surface area contributed by atoms with Crippen LogP contribution in [0.5, 0.6) is 0 Å². The number of alkyl carbamates (subject to hydrolysis) is 2. The van der Waals surface area contributed by atoms with Gasteiger partial charge < -0.3 is 25.2 Å². The third kappa shape index (κ3) is 9.64. The van der Waals surface area contributed by atoms with Gasteiger partial charge in [0.15, 0.2) is 5.78 Å². The molecule has 0 heterocycles. The molecule has 1 aliphatic rings. The number of rotatable bonds is 7. The number of Topliss-reactive ketones (excluding diaryl/α,β-unsaturated/α-hetero) is 1. The summed E-state index contributed by atoms with van der Waals surface area (Å²) in [5.74, 6) is -1.42. The van der Waals surface area contributed by atoms with E-state index in [-0.39, 0.29) is 18.0 Å². The highest BCUT2D eigenvalue weighted by molar-refractivity contribution is 8.00. The summed E-state index contributed by atoms with van der Waals surface area (Å²) in [6, 6.07) is 7.29. The Labute approximate surface area is 210 Å². The summed E-state index contributed by atoms with van der Waals surface area (Å²) in [6.45, 7) is 10.2. The smallest absolute Gasteiger partial charge is 0.408 e. The minimum absolute atomic E-state index is 0.0301. The standard InChI is InChI=1S/C25H34N2O7S/c1-24(2,3)33-22(31)26-17(21(29)30)14-35-19-13-18(28)16(12-15-10-8-7-9-11-15)20(19)27-23(32)34-25(4,5)6/h7-12,17,19-20H,13-14H2,1-6H3,(H,26,31)(H,27,32)(H,29,30)/b16-12-/t17-,19+,20+/m0/s1. The summed E-state index contributed by atoms with van der Waals surface area (Å²) in [7, 11) is 0. The largest absolute Gasteiger partial charge is 0.480 e. The molecule has 2 rings (SSSR count). The van der Waals surface area contributed by atoms with E-state index in [1.165, 1.54) is 11.8 Å². The summed E-state index contributed by atoms with van der Waals surface area (Å²) >= 11 is 1.18. The van der Waals surface area contributed by atoms with Gasteiger partial charge >= 0.3 is 18.2 Å². The number of carboxylic acid groups (broad SMARTS) is 1. The molecule has 10 heteroatoms. The minimum atomic E-state index is -1.24. The third-order valence-electron chi connectivity index (χ3n) is 4.68. The van der Waals surface area contributed by atoms with E-state index in [1.54, 1.807) is 47.6 Å². The van der Waals surface area contributed by atoms with Crippen molar-refractivity contribution in [3.63, 3.8) is 0 Å². The molecule has 0 radical (unpaired) electrons. The zero-order valence-electron chi connectivity index (χ0n) is 20.9. The molecule has 1 saturated carbocycles. The van der Waals surface area contributed by atoms with Crippen LogP contribution in [0.3, 0.4) is 0 Å². The lowest BCUT2D eigenvalue weighted by Gasteiger charge is -2.26. The Kier molecular flexibility index (Phi) is 9.37. The van der Waals surface area contributed by atoms with Gasteiger partial charge in [0.05, 0.1) is 6.04 Å². The van der Waals surface area contributed by atoms with Crippen LogP contribution in [0, 0.1) is 0 Å². The number of ketones is 1. The first-order valence-corrected chi connectivity index (χ1v) is 12.3. The monoisotopic (exact) mass is 506 g/mol. The molecular weight excluding hydrogens is 472 g/mol. The molecule has 0 aromatic heterocycles. The van der Waals surface area contributed by atoms with E-state index in [2.05, 4.69) is 10.6 Å². The maximum absolute atomic E-state index is 12.9. The number of ether oxygens (including phenoxy) is 2. The van der Waals surface area contributed by atoms with Gasteiger partial charge in [0.25, 0.3) is 0 Å². The van der Waals surface area contributed by atoms with Crippen molar-refractivity contribution in [2.24, 2.45) is 0 Å². The van der Waals surface area contributed by atoms with Crippen molar-refractivity contribution < 1.29 is 33.8 Å². The second kappa shape index (κ2) is 11.6. The number of hydrogen-bond acceptors (Lipinski definition) is 7. The van der Waals surface area contributed by atoms with Gasteiger partial charge in [-0.05, 0) is 53.2 Å². The van der Waals surface area contributed by atoms with Gasteiger partial charge in [-0.1, -0.05) is 30.3 Å². The zero-order valence-corrected chi connectivity index (χ0v) is 21.7. The van der Waals surface area contributed by atoms with Crippen LogP contribution in [-0.2, 0) is 19.1 Å². The summed E-state index contributed by atoms with van der Waals surface area (Å²) < 4.78 is 10.5. The quantitative estimate of drug-likeness (QED) is 0.473. The van der Waals surface area contributed by atoms with Crippen molar-refractivity contribution >= 4 is 41.8 Å². The molecule has 0 bridgehead atoms. The van der Waals surface area contributed by atoms with Gasteiger partial charge in [-0.25, -0.2) is 14.4 Å². The predicted octanol–water partition coefficient (Wildman–Crippen LogP) is 4.02. The molecule has 35 heavy (non-hydrogen) atoms. The van der Waals surface area contributed by atoms with Crippen LogP contribution in [0.25, 0.3) is 6.08 Å². The van der Waals surface area contributed by atoms with Crippen molar-refractivity contribution in [2.75, 3.05) is 5.75 Å². The van der Waals surface area contributed by atoms with E-state index in [0.29, 0.717) is 5.57 Å². The van der Waals surface area contributed by atoms with Crippen molar-refractivity contribution in [1.82, 2.24) is 10.6 Å². The van der Waals surface area contributed by atoms with Crippen molar-refractivity contribution in [3.05, 3.63) is 41.5 Å². The van der Waals surface area contributed by atoms with E-state index in [1.807, 2.05) is 30.3 Å². The van der Waals surface area contributed by atoms with Crippen molar-refractivity contribution in [2.45, 2.75) is 76.5 Å². The highest BCUT2D eigenvalue weighted by atomic mass is 32.2. The average molecular weight is 507 g/mol. The number of aliphatic carboxylic acids is 1. The lowest BCUT2D eigenvalue weighted by molar-refractivity contribution is -0.138. The van der Waals surface area contributed by atoms with Gasteiger partial charge in [-0.3, -0.25) is 4.79 Å². The molecule has 0 aliphatic heterocycles. The van der Waals surface area contributed by atoms with E-state index in [9.17, 15) is 24.3 Å². The number of hydrogen-bond donors (Lipinski definition) is 3. The number of carbonyl (C=O) groups excluding carboxylic acids is 3. The second-order valence-electron chi connectivity index (χ2n) is 10.2. The molecule has 2 amide bonds. The van der Waals surface area contributed by atoms with Crippen LogP contribution in [0.2, 0.25) is 0 Å². The molecule has 3 atom stereocenters. The Morgan fingerprint density at radius 1 is 1.06 bits per heavy atom. The Bertz CT molecular complexity index is 964. The van der Waals surface area contributed by atoms with Gasteiger partial charge in [-0.2, -0.15) is 11.8 Å². The number of benzene rings is 1. The molecule has 0 unspecified atom stereocenters. The molecular formula is C25H34N2O7S. The van der Waals surface area contributed by atoms with E-state index < -0.39 is 46.7 Å². The first kappa shape index (κ1) is 28.2. The predicted molar refractivity (Wildman–Crippen MR) is 134 cm³/mol. The zero-order chi connectivity index (χ0) is 26.4. The fourth-order valence-electron chi connectivity index (χ4n) is 3.30. The second-order valence-corrected chi connectivity index (χ2v) is 11.4. The van der Waals surface area contributed by atoms with Crippen LogP contribution in [0.15, 0.2) is 35.9 Å². The molecule has 1 fully saturated rings.